The fraction of sp³-hybridized carbons (Fsp3) is 0.440. The molecule has 4 atom stereocenters. The zero-order chi connectivity index (χ0) is 49.1. The molecule has 4 aromatic rings. The first-order valence-electron chi connectivity index (χ1n) is 23.4. The van der Waals surface area contributed by atoms with Crippen molar-refractivity contribution in [3.05, 3.63) is 108 Å². The van der Waals surface area contributed by atoms with Gasteiger partial charge in [-0.2, -0.15) is 0 Å². The third kappa shape index (κ3) is 15.5. The molecule has 364 valence electrons. The monoisotopic (exact) mass is 934 g/mol. The van der Waals surface area contributed by atoms with Crippen molar-refractivity contribution in [3.8, 4) is 0 Å². The highest BCUT2D eigenvalue weighted by molar-refractivity contribution is 5.98. The maximum absolute atomic E-state index is 14.7. The number of benzene rings is 3. The number of aliphatic imine (C=N–C) groups is 1. The van der Waals surface area contributed by atoms with Gasteiger partial charge in [0, 0.05) is 49.3 Å². The Balaban J connectivity index is 1.44. The van der Waals surface area contributed by atoms with Crippen molar-refractivity contribution in [2.24, 2.45) is 27.9 Å². The van der Waals surface area contributed by atoms with Crippen molar-refractivity contribution < 1.29 is 33.6 Å². The summed E-state index contributed by atoms with van der Waals surface area (Å²) < 4.78 is 0. The standard InChI is InChI=1S/C50H67N11O7/c1-32(62)21-22-43(63)61-50(25-23-35(24-26-50)34-15-6-3-7-16-34)48(68)60-41(29-33-13-4-2-5-14-33)46(66)58-40(20-12-28-55-49(53)54)45(65)59-42(30-36-31-56-38-18-9-8-17-37(36)38)47(67)57-39(44(52)64)19-10-11-27-51/h2-9,13-18,31,35,39-42,56H,10-12,19-30,51H2,1H3,(H2,52,64)(H,57,67)(H,58,66)(H,59,65)(H,60,68)(H,61,63)(H4,53,54,55)/t35?,39-,40-,41+,42-,50?/m0/s1. The number of nitrogens with two attached hydrogens (primary N) is 4. The first-order valence-corrected chi connectivity index (χ1v) is 23.4. The Bertz CT molecular complexity index is 2360. The number of hydrogen-bond acceptors (Lipinski definition) is 9. The van der Waals surface area contributed by atoms with Crippen molar-refractivity contribution in [2.75, 3.05) is 13.1 Å². The second-order valence-electron chi connectivity index (χ2n) is 17.6. The predicted molar refractivity (Wildman–Crippen MR) is 260 cm³/mol. The van der Waals surface area contributed by atoms with E-state index >= 15 is 0 Å². The van der Waals surface area contributed by atoms with Crippen LogP contribution in [0.1, 0.15) is 100 Å². The van der Waals surface area contributed by atoms with Crippen LogP contribution in [0.5, 0.6) is 0 Å². The van der Waals surface area contributed by atoms with E-state index in [-0.39, 0.29) is 82.0 Å². The van der Waals surface area contributed by atoms with E-state index in [0.29, 0.717) is 43.4 Å². The summed E-state index contributed by atoms with van der Waals surface area (Å²) in [6, 6.07) is 21.6. The molecule has 18 heteroatoms. The number of rotatable bonds is 26. The summed E-state index contributed by atoms with van der Waals surface area (Å²) in [6.07, 6.45) is 4.95. The minimum Gasteiger partial charge on any atom is -0.370 e. The van der Waals surface area contributed by atoms with Crippen molar-refractivity contribution in [2.45, 2.75) is 126 Å². The van der Waals surface area contributed by atoms with Crippen LogP contribution >= 0.6 is 0 Å². The van der Waals surface area contributed by atoms with Crippen LogP contribution in [0.3, 0.4) is 0 Å². The topological polar surface area (TPSA) is 312 Å². The summed E-state index contributed by atoms with van der Waals surface area (Å²) in [7, 11) is 0. The summed E-state index contributed by atoms with van der Waals surface area (Å²) in [4.78, 5) is 103. The first kappa shape index (κ1) is 51.9. The molecule has 1 aromatic heterocycles. The van der Waals surface area contributed by atoms with Gasteiger partial charge in [0.05, 0.1) is 0 Å². The van der Waals surface area contributed by atoms with E-state index in [0.717, 1.165) is 16.5 Å². The highest BCUT2D eigenvalue weighted by atomic mass is 16.2. The van der Waals surface area contributed by atoms with E-state index in [1.807, 2.05) is 60.7 Å². The number of unbranched alkanes of at least 4 members (excludes halogenated alkanes) is 1. The third-order valence-corrected chi connectivity index (χ3v) is 12.4. The molecule has 0 unspecified atom stereocenters. The number of Topliss-reactive ketones (excluding diaryl/α,β-unsaturated/α-hetero) is 1. The number of amides is 6. The Morgan fingerprint density at radius 3 is 1.93 bits per heavy atom. The van der Waals surface area contributed by atoms with Crippen molar-refractivity contribution in [1.82, 2.24) is 31.6 Å². The number of carbonyl (C=O) groups excluding carboxylic acids is 7. The number of guanidine groups is 1. The van der Waals surface area contributed by atoms with Gasteiger partial charge in [-0.15, -0.1) is 0 Å². The maximum atomic E-state index is 14.7. The molecule has 0 bridgehead atoms. The Morgan fingerprint density at radius 1 is 0.691 bits per heavy atom. The largest absolute Gasteiger partial charge is 0.370 e. The Kier molecular flexibility index (Phi) is 19.6. The second kappa shape index (κ2) is 25.7. The Morgan fingerprint density at radius 2 is 1.28 bits per heavy atom. The minimum absolute atomic E-state index is 0.00255. The average molecular weight is 934 g/mol. The van der Waals surface area contributed by atoms with Crippen LogP contribution < -0.4 is 49.5 Å². The van der Waals surface area contributed by atoms with Gasteiger partial charge in [-0.1, -0.05) is 78.9 Å². The smallest absolute Gasteiger partial charge is 0.246 e. The van der Waals surface area contributed by atoms with Crippen LogP contribution in [0.2, 0.25) is 0 Å². The zero-order valence-electron chi connectivity index (χ0n) is 38.8. The molecule has 6 amide bonds. The van der Waals surface area contributed by atoms with E-state index in [4.69, 9.17) is 22.9 Å². The van der Waals surface area contributed by atoms with Gasteiger partial charge in [0.1, 0.15) is 35.5 Å². The van der Waals surface area contributed by atoms with E-state index in [1.165, 1.54) is 6.92 Å². The Hall–Kier alpha value is -7.08. The number of H-pyrrole nitrogens is 1. The fourth-order valence-corrected chi connectivity index (χ4v) is 8.65. The normalized spacial score (nSPS) is 17.4. The number of primary amides is 1. The number of ketones is 1. The van der Waals surface area contributed by atoms with Crippen molar-refractivity contribution in [3.63, 3.8) is 0 Å². The van der Waals surface area contributed by atoms with E-state index in [9.17, 15) is 33.6 Å². The number of nitrogens with zero attached hydrogens (tertiary/aromatic N) is 1. The quantitative estimate of drug-likeness (QED) is 0.0249. The van der Waals surface area contributed by atoms with Crippen molar-refractivity contribution >= 4 is 58.1 Å². The molecular formula is C50H67N11O7. The highest BCUT2D eigenvalue weighted by Crippen LogP contribution is 2.38. The molecule has 1 fully saturated rings. The molecule has 68 heavy (non-hydrogen) atoms. The van der Waals surface area contributed by atoms with Gasteiger partial charge in [-0.25, -0.2) is 0 Å². The van der Waals surface area contributed by atoms with Gasteiger partial charge in [-0.05, 0) is 99.9 Å². The number of nitrogens with one attached hydrogen (secondary N) is 6. The highest BCUT2D eigenvalue weighted by Gasteiger charge is 2.45. The number of aromatic amines is 1. The molecule has 3 aromatic carbocycles. The summed E-state index contributed by atoms with van der Waals surface area (Å²) in [6.45, 7) is 1.90. The summed E-state index contributed by atoms with van der Waals surface area (Å²) in [5.41, 5.74) is 24.5. The lowest BCUT2D eigenvalue weighted by Gasteiger charge is -2.40. The molecule has 18 nitrogen and oxygen atoms in total. The van der Waals surface area contributed by atoms with Crippen LogP contribution in [0, 0.1) is 0 Å². The molecule has 0 aliphatic heterocycles. The molecule has 1 saturated carbocycles. The number of para-hydroxylation sites is 1. The zero-order valence-corrected chi connectivity index (χ0v) is 38.8. The molecule has 0 saturated heterocycles. The summed E-state index contributed by atoms with van der Waals surface area (Å²) in [5, 5.41) is 15.1. The second-order valence-corrected chi connectivity index (χ2v) is 17.6. The van der Waals surface area contributed by atoms with Gasteiger partial charge >= 0.3 is 0 Å². The van der Waals surface area contributed by atoms with Crippen LogP contribution in [-0.2, 0) is 46.4 Å². The Labute approximate surface area is 397 Å². The van der Waals surface area contributed by atoms with Gasteiger partial charge in [0.2, 0.25) is 35.4 Å². The minimum atomic E-state index is -1.40. The molecule has 5 rings (SSSR count). The van der Waals surface area contributed by atoms with Gasteiger partial charge in [0.25, 0.3) is 0 Å². The molecule has 1 heterocycles. The lowest BCUT2D eigenvalue weighted by Crippen LogP contribution is -2.64. The SMILES string of the molecule is CC(=O)CCC(=O)NC1(C(=O)N[C@H](Cc2ccccc2)C(=O)N[C@@H](CCCN=C(N)N)C(=O)N[C@@H](Cc2c[nH]c3ccccc23)C(=O)N[C@@H](CCCCN)C(N)=O)CCC(c2ccccc2)CC1. The number of hydrogen-bond donors (Lipinski definition) is 10. The van der Waals surface area contributed by atoms with Crippen molar-refractivity contribution in [1.29, 1.82) is 0 Å². The van der Waals surface area contributed by atoms with E-state index in [1.54, 1.807) is 30.5 Å². The molecule has 1 aliphatic rings. The molecule has 0 spiro atoms. The number of aromatic nitrogens is 1. The number of fused-ring (bicyclic) bond motifs is 1. The third-order valence-electron chi connectivity index (χ3n) is 12.4. The van der Waals surface area contributed by atoms with E-state index in [2.05, 4.69) is 36.6 Å². The fourth-order valence-electron chi connectivity index (χ4n) is 8.65. The van der Waals surface area contributed by atoms with Crippen LogP contribution in [-0.4, -0.2) is 95.0 Å². The first-order chi connectivity index (χ1) is 32.7. The maximum Gasteiger partial charge on any atom is 0.246 e. The number of carbonyl (C=O) groups is 7. The van der Waals surface area contributed by atoms with Crippen LogP contribution in [0.25, 0.3) is 10.9 Å². The summed E-state index contributed by atoms with van der Waals surface area (Å²) >= 11 is 0. The molecule has 0 radical (unpaired) electrons. The van der Waals surface area contributed by atoms with Gasteiger partial charge in [-0.3, -0.25) is 33.8 Å². The molecule has 14 N–H and O–H groups in total. The lowest BCUT2D eigenvalue weighted by molar-refractivity contribution is -0.138. The van der Waals surface area contributed by atoms with Gasteiger partial charge in [0.15, 0.2) is 5.96 Å². The van der Waals surface area contributed by atoms with Gasteiger partial charge < -0.3 is 59.3 Å². The van der Waals surface area contributed by atoms with E-state index < -0.39 is 65.1 Å². The molecule has 1 aliphatic carbocycles. The predicted octanol–water partition coefficient (Wildman–Crippen LogP) is 2.14. The summed E-state index contributed by atoms with van der Waals surface area (Å²) in [5.74, 6) is -4.06. The van der Waals surface area contributed by atoms with Crippen LogP contribution in [0.15, 0.2) is 96.1 Å². The van der Waals surface area contributed by atoms with Crippen LogP contribution in [0.4, 0.5) is 0 Å². The molecular weight excluding hydrogens is 867 g/mol. The lowest BCUT2D eigenvalue weighted by atomic mass is 9.73. The average Bonchev–Trinajstić information content (AvgIpc) is 3.74.